The van der Waals surface area contributed by atoms with Crippen LogP contribution < -0.4 is 10.5 Å². The molecule has 0 unspecified atom stereocenters. The minimum atomic E-state index is -3.72. The van der Waals surface area contributed by atoms with E-state index >= 15 is 0 Å². The zero-order chi connectivity index (χ0) is 15.3. The molecule has 0 fully saturated rings. The molecule has 3 N–H and O–H groups in total. The van der Waals surface area contributed by atoms with Crippen LogP contribution in [0.5, 0.6) is 0 Å². The van der Waals surface area contributed by atoms with Gasteiger partial charge in [0.2, 0.25) is 10.0 Å². The molecular weight excluding hydrogens is 300 g/mol. The van der Waals surface area contributed by atoms with Crippen molar-refractivity contribution in [2.24, 2.45) is 5.73 Å². The van der Waals surface area contributed by atoms with Gasteiger partial charge in [-0.2, -0.15) is 0 Å². The van der Waals surface area contributed by atoms with Crippen molar-refractivity contribution in [2.75, 3.05) is 13.7 Å². The van der Waals surface area contributed by atoms with Crippen LogP contribution in [0.15, 0.2) is 23.1 Å². The topological polar surface area (TPSA) is 98.5 Å². The highest BCUT2D eigenvalue weighted by Crippen LogP contribution is 2.17. The van der Waals surface area contributed by atoms with Gasteiger partial charge in [-0.1, -0.05) is 24.4 Å². The molecule has 0 bridgehead atoms. The third kappa shape index (κ3) is 4.26. The van der Waals surface area contributed by atoms with Crippen molar-refractivity contribution in [1.82, 2.24) is 4.72 Å². The average Bonchev–Trinajstić information content (AvgIpc) is 2.38. The smallest absolute Gasteiger partial charge is 0.306 e. The number of hydrogen-bond acceptors (Lipinski definition) is 5. The molecule has 0 spiro atoms. The van der Waals surface area contributed by atoms with Crippen LogP contribution >= 0.6 is 12.2 Å². The fourth-order valence-corrected chi connectivity index (χ4v) is 2.94. The van der Waals surface area contributed by atoms with E-state index < -0.39 is 16.0 Å². The molecule has 0 aromatic heterocycles. The van der Waals surface area contributed by atoms with Gasteiger partial charge in [-0.15, -0.1) is 0 Å². The lowest BCUT2D eigenvalue weighted by atomic mass is 10.1. The maximum absolute atomic E-state index is 12.2. The molecule has 1 rings (SSSR count). The van der Waals surface area contributed by atoms with E-state index in [-0.39, 0.29) is 22.8 Å². The van der Waals surface area contributed by atoms with Crippen molar-refractivity contribution in [3.05, 3.63) is 29.3 Å². The van der Waals surface area contributed by atoms with Gasteiger partial charge in [0.25, 0.3) is 0 Å². The Labute approximate surface area is 123 Å². The second kappa shape index (κ2) is 6.78. The third-order valence-electron chi connectivity index (χ3n) is 2.61. The SMILES string of the molecule is COC(=O)CCNS(=O)(=O)c1cc(C(N)=S)ccc1C. The van der Waals surface area contributed by atoms with Crippen molar-refractivity contribution in [3.63, 3.8) is 0 Å². The van der Waals surface area contributed by atoms with Gasteiger partial charge in [-0.25, -0.2) is 13.1 Å². The quantitative estimate of drug-likeness (QED) is 0.585. The maximum atomic E-state index is 12.2. The number of esters is 1. The van der Waals surface area contributed by atoms with Crippen molar-refractivity contribution in [3.8, 4) is 0 Å². The Kier molecular flexibility index (Phi) is 5.61. The van der Waals surface area contributed by atoms with E-state index in [0.29, 0.717) is 11.1 Å². The monoisotopic (exact) mass is 316 g/mol. The van der Waals surface area contributed by atoms with Crippen LogP contribution in [0.1, 0.15) is 17.5 Å². The molecule has 0 heterocycles. The Bertz CT molecular complexity index is 626. The summed E-state index contributed by atoms with van der Waals surface area (Å²) in [5.41, 5.74) is 6.53. The number of nitrogens with one attached hydrogen (secondary N) is 1. The van der Waals surface area contributed by atoms with Gasteiger partial charge in [-0.3, -0.25) is 4.79 Å². The van der Waals surface area contributed by atoms with Gasteiger partial charge >= 0.3 is 5.97 Å². The first-order chi connectivity index (χ1) is 9.27. The van der Waals surface area contributed by atoms with Crippen molar-refractivity contribution in [2.45, 2.75) is 18.2 Å². The minimum Gasteiger partial charge on any atom is -0.469 e. The van der Waals surface area contributed by atoms with Crippen LogP contribution in [-0.2, 0) is 19.6 Å². The van der Waals surface area contributed by atoms with Gasteiger partial charge in [0.1, 0.15) is 4.99 Å². The zero-order valence-corrected chi connectivity index (χ0v) is 12.8. The number of benzene rings is 1. The van der Waals surface area contributed by atoms with Crippen LogP contribution in [0, 0.1) is 6.92 Å². The predicted molar refractivity (Wildman–Crippen MR) is 78.9 cm³/mol. The molecule has 1 aromatic rings. The molecule has 0 radical (unpaired) electrons. The van der Waals surface area contributed by atoms with E-state index in [0.717, 1.165) is 0 Å². The Morgan fingerprint density at radius 3 is 2.65 bits per heavy atom. The summed E-state index contributed by atoms with van der Waals surface area (Å²) in [6.07, 6.45) is -0.0379. The number of methoxy groups -OCH3 is 1. The molecular formula is C12H16N2O4S2. The average molecular weight is 316 g/mol. The van der Waals surface area contributed by atoms with E-state index in [9.17, 15) is 13.2 Å². The summed E-state index contributed by atoms with van der Waals surface area (Å²) in [5.74, 6) is -0.485. The van der Waals surface area contributed by atoms with E-state index in [2.05, 4.69) is 9.46 Å². The lowest BCUT2D eigenvalue weighted by Gasteiger charge is -2.10. The van der Waals surface area contributed by atoms with E-state index in [4.69, 9.17) is 18.0 Å². The number of hydrogen-bond donors (Lipinski definition) is 2. The number of carbonyl (C=O) groups is 1. The molecule has 0 aliphatic heterocycles. The normalized spacial score (nSPS) is 11.1. The summed E-state index contributed by atoms with van der Waals surface area (Å²) >= 11 is 4.83. The number of carbonyl (C=O) groups excluding carboxylic acids is 1. The summed E-state index contributed by atoms with van der Waals surface area (Å²) in [6.45, 7) is 1.63. The third-order valence-corrected chi connectivity index (χ3v) is 4.45. The fourth-order valence-electron chi connectivity index (χ4n) is 1.51. The van der Waals surface area contributed by atoms with Gasteiger partial charge in [0.05, 0.1) is 18.4 Å². The van der Waals surface area contributed by atoms with Gasteiger partial charge < -0.3 is 10.5 Å². The summed E-state index contributed by atoms with van der Waals surface area (Å²) < 4.78 is 31.1. The minimum absolute atomic E-state index is 0.0360. The number of rotatable bonds is 6. The molecule has 0 aliphatic rings. The lowest BCUT2D eigenvalue weighted by Crippen LogP contribution is -2.27. The van der Waals surface area contributed by atoms with Crippen molar-refractivity contribution in [1.29, 1.82) is 0 Å². The summed E-state index contributed by atoms with van der Waals surface area (Å²) in [4.78, 5) is 11.2. The van der Waals surface area contributed by atoms with Crippen LogP contribution in [0.3, 0.4) is 0 Å². The molecule has 20 heavy (non-hydrogen) atoms. The van der Waals surface area contributed by atoms with Crippen molar-refractivity contribution >= 4 is 33.2 Å². The van der Waals surface area contributed by atoms with Crippen LogP contribution in [0.2, 0.25) is 0 Å². The summed E-state index contributed by atoms with van der Waals surface area (Å²) in [6, 6.07) is 4.70. The van der Waals surface area contributed by atoms with Gasteiger partial charge in [0, 0.05) is 12.1 Å². The van der Waals surface area contributed by atoms with Gasteiger partial charge in [0.15, 0.2) is 0 Å². The Morgan fingerprint density at radius 1 is 1.45 bits per heavy atom. The van der Waals surface area contributed by atoms with E-state index in [1.807, 2.05) is 0 Å². The molecule has 6 nitrogen and oxygen atoms in total. The summed E-state index contributed by atoms with van der Waals surface area (Å²) in [5, 5.41) is 0. The number of nitrogens with two attached hydrogens (primary N) is 1. The Hall–Kier alpha value is -1.51. The largest absolute Gasteiger partial charge is 0.469 e. The number of aryl methyl sites for hydroxylation is 1. The Balaban J connectivity index is 2.94. The second-order valence-corrected chi connectivity index (χ2v) is 6.24. The Morgan fingerprint density at radius 2 is 2.10 bits per heavy atom. The molecule has 0 saturated heterocycles. The molecule has 0 aliphatic carbocycles. The molecule has 8 heteroatoms. The molecule has 0 atom stereocenters. The first kappa shape index (κ1) is 16.5. The standard InChI is InChI=1S/C12H16N2O4S2/c1-8-3-4-9(12(13)19)7-10(8)20(16,17)14-6-5-11(15)18-2/h3-4,7,14H,5-6H2,1-2H3,(H2,13,19). The zero-order valence-electron chi connectivity index (χ0n) is 11.2. The molecule has 0 amide bonds. The van der Waals surface area contributed by atoms with Gasteiger partial charge in [-0.05, 0) is 18.6 Å². The first-order valence-corrected chi connectivity index (χ1v) is 7.64. The lowest BCUT2D eigenvalue weighted by molar-refractivity contribution is -0.140. The maximum Gasteiger partial charge on any atom is 0.306 e. The van der Waals surface area contributed by atoms with Crippen LogP contribution in [0.4, 0.5) is 0 Å². The fraction of sp³-hybridized carbons (Fsp3) is 0.333. The number of thiocarbonyl (C=S) groups is 1. The first-order valence-electron chi connectivity index (χ1n) is 5.75. The van der Waals surface area contributed by atoms with Crippen LogP contribution in [-0.4, -0.2) is 33.0 Å². The predicted octanol–water partition coefficient (Wildman–Crippen LogP) is 0.471. The highest BCUT2D eigenvalue weighted by atomic mass is 32.2. The molecule has 0 saturated carbocycles. The highest BCUT2D eigenvalue weighted by Gasteiger charge is 2.18. The van der Waals surface area contributed by atoms with E-state index in [1.165, 1.54) is 13.2 Å². The number of sulfonamides is 1. The molecule has 110 valence electrons. The van der Waals surface area contributed by atoms with E-state index in [1.54, 1.807) is 19.1 Å². The molecule has 1 aromatic carbocycles. The van der Waals surface area contributed by atoms with Crippen LogP contribution in [0.25, 0.3) is 0 Å². The number of ether oxygens (including phenoxy) is 1. The second-order valence-electron chi connectivity index (χ2n) is 4.07. The highest BCUT2D eigenvalue weighted by molar-refractivity contribution is 7.89. The van der Waals surface area contributed by atoms with Crippen molar-refractivity contribution < 1.29 is 17.9 Å². The summed E-state index contributed by atoms with van der Waals surface area (Å²) in [7, 11) is -2.48.